The molecule has 2 heterocycles. The Morgan fingerprint density at radius 2 is 1.27 bits per heavy atom. The summed E-state index contributed by atoms with van der Waals surface area (Å²) in [4.78, 5) is 43.3. The molecule has 0 N–H and O–H groups in total. The second-order valence-electron chi connectivity index (χ2n) is 8.73. The number of amides is 2. The lowest BCUT2D eigenvalue weighted by molar-refractivity contribution is -0.132. The lowest BCUT2D eigenvalue weighted by atomic mass is 10.0. The summed E-state index contributed by atoms with van der Waals surface area (Å²) in [7, 11) is 0. The van der Waals surface area contributed by atoms with Crippen LogP contribution in [0.2, 0.25) is 0 Å². The Morgan fingerprint density at radius 3 is 1.91 bits per heavy atom. The molecular formula is C27H23N3O3. The Balaban J connectivity index is 1.17. The minimum absolute atomic E-state index is 0.101. The van der Waals surface area contributed by atoms with Gasteiger partial charge in [-0.05, 0) is 34.4 Å². The van der Waals surface area contributed by atoms with Crippen LogP contribution in [0.4, 0.5) is 5.69 Å². The quantitative estimate of drug-likeness (QED) is 0.591. The van der Waals surface area contributed by atoms with Crippen molar-refractivity contribution in [3.05, 3.63) is 89.5 Å². The predicted molar refractivity (Wildman–Crippen MR) is 125 cm³/mol. The van der Waals surface area contributed by atoms with Crippen LogP contribution in [0.1, 0.15) is 27.5 Å². The molecule has 6 nitrogen and oxygen atoms in total. The fraction of sp³-hybridized carbons (Fsp3) is 0.222. The van der Waals surface area contributed by atoms with Gasteiger partial charge in [0.15, 0.2) is 0 Å². The number of hydrogen-bond acceptors (Lipinski definition) is 4. The van der Waals surface area contributed by atoms with E-state index in [1.807, 2.05) is 4.90 Å². The number of carbonyl (C=O) groups is 3. The molecule has 33 heavy (non-hydrogen) atoms. The molecule has 0 unspecified atom stereocenters. The van der Waals surface area contributed by atoms with Crippen molar-refractivity contribution in [3.63, 3.8) is 0 Å². The summed E-state index contributed by atoms with van der Waals surface area (Å²) in [5.74, 6) is -1.29. The molecule has 3 aromatic carbocycles. The van der Waals surface area contributed by atoms with E-state index in [4.69, 9.17) is 0 Å². The molecule has 2 amide bonds. The van der Waals surface area contributed by atoms with Gasteiger partial charge in [-0.15, -0.1) is 0 Å². The minimum atomic E-state index is -0.623. The number of anilines is 1. The van der Waals surface area contributed by atoms with E-state index in [9.17, 15) is 14.4 Å². The highest BCUT2D eigenvalue weighted by atomic mass is 16.2. The minimum Gasteiger partial charge on any atom is -0.339 e. The van der Waals surface area contributed by atoms with E-state index in [1.54, 1.807) is 24.3 Å². The van der Waals surface area contributed by atoms with Crippen molar-refractivity contribution in [2.75, 3.05) is 37.6 Å². The van der Waals surface area contributed by atoms with Crippen molar-refractivity contribution in [2.24, 2.45) is 0 Å². The first-order valence-electron chi connectivity index (χ1n) is 11.3. The average molecular weight is 437 g/mol. The summed E-state index contributed by atoms with van der Waals surface area (Å²) < 4.78 is 0. The van der Waals surface area contributed by atoms with Crippen molar-refractivity contribution >= 4 is 23.3 Å². The smallest absolute Gasteiger partial charge is 0.299 e. The van der Waals surface area contributed by atoms with Gasteiger partial charge in [-0.2, -0.15) is 0 Å². The number of piperazine rings is 1. The molecule has 1 saturated heterocycles. The third-order valence-corrected chi connectivity index (χ3v) is 7.01. The molecule has 1 aliphatic carbocycles. The Morgan fingerprint density at radius 1 is 0.727 bits per heavy atom. The summed E-state index contributed by atoms with van der Waals surface area (Å²) >= 11 is 0. The zero-order valence-corrected chi connectivity index (χ0v) is 18.1. The zero-order valence-electron chi connectivity index (χ0n) is 18.1. The number of benzene rings is 3. The van der Waals surface area contributed by atoms with Crippen molar-refractivity contribution in [1.82, 2.24) is 9.80 Å². The van der Waals surface area contributed by atoms with Gasteiger partial charge in [0.25, 0.3) is 11.7 Å². The van der Waals surface area contributed by atoms with E-state index in [0.29, 0.717) is 24.3 Å². The maximum atomic E-state index is 13.0. The second kappa shape index (κ2) is 7.67. The molecule has 3 aliphatic rings. The lowest BCUT2D eigenvalue weighted by Gasteiger charge is -2.39. The molecule has 6 rings (SSSR count). The molecule has 0 spiro atoms. The topological polar surface area (TPSA) is 60.9 Å². The van der Waals surface area contributed by atoms with Crippen molar-refractivity contribution in [1.29, 1.82) is 0 Å². The maximum absolute atomic E-state index is 13.0. The van der Waals surface area contributed by atoms with Crippen LogP contribution in [0.25, 0.3) is 11.1 Å². The summed E-state index contributed by atoms with van der Waals surface area (Å²) in [5, 5.41) is 0. The third-order valence-electron chi connectivity index (χ3n) is 7.01. The molecule has 0 bridgehead atoms. The van der Waals surface area contributed by atoms with Crippen molar-refractivity contribution in [3.8, 4) is 11.1 Å². The SMILES string of the molecule is O=C1C(=O)N(CC(=O)N2CCN(C3c4ccccc4-c4ccccc43)CC2)c2ccccc21. The number of rotatable bonds is 3. The molecule has 0 saturated carbocycles. The van der Waals surface area contributed by atoms with Crippen LogP contribution in [0.3, 0.4) is 0 Å². The summed E-state index contributed by atoms with van der Waals surface area (Å²) in [6.45, 7) is 2.59. The molecule has 164 valence electrons. The highest BCUT2D eigenvalue weighted by Gasteiger charge is 2.38. The highest BCUT2D eigenvalue weighted by Crippen LogP contribution is 2.46. The van der Waals surface area contributed by atoms with Gasteiger partial charge in [0, 0.05) is 26.2 Å². The number of nitrogens with zero attached hydrogens (tertiary/aromatic N) is 3. The number of fused-ring (bicyclic) bond motifs is 4. The van der Waals surface area contributed by atoms with Gasteiger partial charge in [0.05, 0.1) is 17.3 Å². The second-order valence-corrected chi connectivity index (χ2v) is 8.73. The summed E-state index contributed by atoms with van der Waals surface area (Å²) in [5.41, 5.74) is 6.10. The molecule has 6 heteroatoms. The van der Waals surface area contributed by atoms with Gasteiger partial charge in [0.2, 0.25) is 5.91 Å². The first kappa shape index (κ1) is 19.9. The van der Waals surface area contributed by atoms with Crippen LogP contribution >= 0.6 is 0 Å². The van der Waals surface area contributed by atoms with Crippen molar-refractivity contribution in [2.45, 2.75) is 6.04 Å². The standard InChI is InChI=1S/C27H23N3O3/c31-24(17-30-23-12-6-5-11-22(23)26(32)27(30)33)28-13-15-29(16-14-28)25-20-9-3-1-7-18(20)19-8-2-4-10-21(19)25/h1-12,25H,13-17H2. The first-order chi connectivity index (χ1) is 16.1. The zero-order chi connectivity index (χ0) is 22.5. The van der Waals surface area contributed by atoms with E-state index < -0.39 is 11.7 Å². The molecule has 1 fully saturated rings. The molecule has 2 aliphatic heterocycles. The van der Waals surface area contributed by atoms with Gasteiger partial charge in [0.1, 0.15) is 6.54 Å². The number of Topliss-reactive ketones (excluding diaryl/α,β-unsaturated/α-hetero) is 1. The Kier molecular flexibility index (Phi) is 4.62. The lowest BCUT2D eigenvalue weighted by Crippen LogP contribution is -2.52. The number of ketones is 1. The maximum Gasteiger partial charge on any atom is 0.299 e. The Hall–Kier alpha value is -3.77. The average Bonchev–Trinajstić information content (AvgIpc) is 3.32. The molecule has 0 radical (unpaired) electrons. The number of para-hydroxylation sites is 1. The first-order valence-corrected chi connectivity index (χ1v) is 11.3. The van der Waals surface area contributed by atoms with Crippen LogP contribution in [-0.4, -0.2) is 60.1 Å². The molecular weight excluding hydrogens is 414 g/mol. The Labute approximate surface area is 192 Å². The fourth-order valence-corrected chi connectivity index (χ4v) is 5.39. The van der Waals surface area contributed by atoms with E-state index in [1.165, 1.54) is 27.2 Å². The predicted octanol–water partition coefficient (Wildman–Crippen LogP) is 3.13. The van der Waals surface area contributed by atoms with Gasteiger partial charge in [-0.25, -0.2) is 0 Å². The Bertz CT molecular complexity index is 1250. The number of hydrogen-bond donors (Lipinski definition) is 0. The third kappa shape index (κ3) is 3.09. The van der Waals surface area contributed by atoms with Crippen LogP contribution < -0.4 is 4.90 Å². The molecule has 0 aromatic heterocycles. The van der Waals surface area contributed by atoms with Gasteiger partial charge in [-0.3, -0.25) is 24.2 Å². The van der Waals surface area contributed by atoms with Crippen molar-refractivity contribution < 1.29 is 14.4 Å². The van der Waals surface area contributed by atoms with Crippen LogP contribution in [-0.2, 0) is 9.59 Å². The number of carbonyl (C=O) groups excluding carboxylic acids is 3. The van der Waals surface area contributed by atoms with E-state index in [2.05, 4.69) is 53.4 Å². The highest BCUT2D eigenvalue weighted by molar-refractivity contribution is 6.52. The fourth-order valence-electron chi connectivity index (χ4n) is 5.39. The van der Waals surface area contributed by atoms with Crippen LogP contribution in [0.15, 0.2) is 72.8 Å². The van der Waals surface area contributed by atoms with Gasteiger partial charge in [-0.1, -0.05) is 60.7 Å². The van der Waals surface area contributed by atoms with E-state index in [-0.39, 0.29) is 18.5 Å². The molecule has 0 atom stereocenters. The normalized spacial score (nSPS) is 17.8. The van der Waals surface area contributed by atoms with Gasteiger partial charge >= 0.3 is 0 Å². The van der Waals surface area contributed by atoms with E-state index in [0.717, 1.165) is 13.1 Å². The largest absolute Gasteiger partial charge is 0.339 e. The molecule has 3 aromatic rings. The van der Waals surface area contributed by atoms with E-state index >= 15 is 0 Å². The van der Waals surface area contributed by atoms with Gasteiger partial charge < -0.3 is 4.90 Å². The summed E-state index contributed by atoms with van der Waals surface area (Å²) in [6.07, 6.45) is 0. The van der Waals surface area contributed by atoms with Crippen LogP contribution in [0, 0.1) is 0 Å². The summed E-state index contributed by atoms with van der Waals surface area (Å²) in [6, 6.07) is 24.2. The van der Waals surface area contributed by atoms with Crippen LogP contribution in [0.5, 0.6) is 0 Å². The monoisotopic (exact) mass is 437 g/mol.